The van der Waals surface area contributed by atoms with Gasteiger partial charge in [-0.3, -0.25) is 4.79 Å². The van der Waals surface area contributed by atoms with Crippen molar-refractivity contribution < 1.29 is 35.9 Å². The fraction of sp³-hybridized carbons (Fsp3) is 0.471. The lowest BCUT2D eigenvalue weighted by atomic mass is 10.1. The molecule has 0 unspecified atom stereocenters. The molecule has 1 fully saturated rings. The van der Waals surface area contributed by atoms with Gasteiger partial charge in [-0.05, 0) is 34.2 Å². The molecule has 2 rings (SSSR count). The molecule has 2 nitrogen and oxygen atoms in total. The second kappa shape index (κ2) is 7.31. The first-order chi connectivity index (χ1) is 12.2. The second-order valence-electron chi connectivity index (χ2n) is 6.80. The topological polar surface area (TPSA) is 26.3 Å². The molecule has 1 aromatic rings. The minimum Gasteiger partial charge on any atom is -0.460 e. The molecule has 0 amide bonds. The van der Waals surface area contributed by atoms with Crippen LogP contribution in [0.4, 0.5) is 26.3 Å². The van der Waals surface area contributed by atoms with Crippen molar-refractivity contribution in [1.82, 2.24) is 0 Å². The third-order valence-electron chi connectivity index (χ3n) is 4.69. The Bertz CT molecular complexity index is 790. The third-order valence-corrected chi connectivity index (χ3v) is 5.86. The van der Waals surface area contributed by atoms with Gasteiger partial charge in [-0.2, -0.15) is 13.2 Å². The zero-order valence-electron chi connectivity index (χ0n) is 14.3. The third kappa shape index (κ3) is 4.13. The summed E-state index contributed by atoms with van der Waals surface area (Å²) in [6.07, 6.45) is -4.01. The predicted molar refractivity (Wildman–Crippen MR) is 89.3 cm³/mol. The predicted octanol–water partition coefficient (Wildman–Crippen LogP) is 6.18. The van der Waals surface area contributed by atoms with Gasteiger partial charge in [0.05, 0.1) is 10.4 Å². The van der Waals surface area contributed by atoms with Gasteiger partial charge >= 0.3 is 12.1 Å². The molecular weight excluding hydrogens is 466 g/mol. The van der Waals surface area contributed by atoms with Gasteiger partial charge in [-0.15, -0.1) is 0 Å². The molecular formula is C17H14BrClF6O2. The van der Waals surface area contributed by atoms with Gasteiger partial charge in [-0.25, -0.2) is 13.2 Å². The summed E-state index contributed by atoms with van der Waals surface area (Å²) in [5, 5.41) is -1.35. The fourth-order valence-corrected chi connectivity index (χ4v) is 3.56. The zero-order valence-corrected chi connectivity index (χ0v) is 16.6. The van der Waals surface area contributed by atoms with Crippen LogP contribution in [0, 0.1) is 41.6 Å². The van der Waals surface area contributed by atoms with E-state index in [0.717, 1.165) is 13.0 Å². The maximum Gasteiger partial charge on any atom is 0.426 e. The molecule has 1 aromatic carbocycles. The Balaban J connectivity index is 2.16. The minimum atomic E-state index is -4.74. The van der Waals surface area contributed by atoms with E-state index in [1.54, 1.807) is 13.8 Å². The molecule has 0 aliphatic heterocycles. The number of benzene rings is 1. The smallest absolute Gasteiger partial charge is 0.426 e. The molecule has 1 aliphatic carbocycles. The van der Waals surface area contributed by atoms with Crippen molar-refractivity contribution in [3.05, 3.63) is 44.2 Å². The number of esters is 1. The summed E-state index contributed by atoms with van der Waals surface area (Å²) in [4.78, 5) is 12.2. The van der Waals surface area contributed by atoms with Crippen molar-refractivity contribution in [3.8, 4) is 0 Å². The van der Waals surface area contributed by atoms with Gasteiger partial charge in [0.2, 0.25) is 0 Å². The van der Waals surface area contributed by atoms with Crippen LogP contribution >= 0.6 is 27.5 Å². The molecule has 0 spiro atoms. The van der Waals surface area contributed by atoms with E-state index >= 15 is 0 Å². The average Bonchev–Trinajstić information content (AvgIpc) is 3.10. The Kier molecular flexibility index (Phi) is 5.98. The minimum absolute atomic E-state index is 0.390. The van der Waals surface area contributed by atoms with Crippen molar-refractivity contribution in [2.24, 2.45) is 17.3 Å². The monoisotopic (exact) mass is 478 g/mol. The Morgan fingerprint density at radius 3 is 2.30 bits per heavy atom. The Hall–Kier alpha value is -1.22. The molecule has 0 bridgehead atoms. The summed E-state index contributed by atoms with van der Waals surface area (Å²) in [6, 6.07) is 0. The van der Waals surface area contributed by atoms with Crippen LogP contribution in [0.15, 0.2) is 15.6 Å². The van der Waals surface area contributed by atoms with Crippen molar-refractivity contribution in [1.29, 1.82) is 0 Å². The standard InChI is InChI=1S/C17H14BrClF6O2/c1-6-12(20)11(18)7(14(22)13(6)21)5-27-15(26)10-8(16(10,2)3)4-9(19)17(23,24)25/h4,8,10H,5H2,1-3H3/b9-4-/t8-,10-/m1/s1. The summed E-state index contributed by atoms with van der Waals surface area (Å²) >= 11 is 7.98. The van der Waals surface area contributed by atoms with E-state index in [0.29, 0.717) is 0 Å². The first-order valence-corrected chi connectivity index (χ1v) is 8.80. The number of alkyl halides is 3. The van der Waals surface area contributed by atoms with Gasteiger partial charge in [0.15, 0.2) is 11.6 Å². The first kappa shape index (κ1) is 22.1. The van der Waals surface area contributed by atoms with Gasteiger partial charge in [-0.1, -0.05) is 31.5 Å². The molecule has 150 valence electrons. The Morgan fingerprint density at radius 2 is 1.78 bits per heavy atom. The SMILES string of the molecule is Cc1c(F)c(F)c(COC(=O)[C@H]2[C@@H](/C=C(\Cl)C(F)(F)F)C2(C)C)c(Br)c1F. The van der Waals surface area contributed by atoms with Crippen LogP contribution in [0.1, 0.15) is 25.0 Å². The maximum absolute atomic E-state index is 14.0. The van der Waals surface area contributed by atoms with Gasteiger partial charge in [0, 0.05) is 11.1 Å². The second-order valence-corrected chi connectivity index (χ2v) is 8.00. The van der Waals surface area contributed by atoms with E-state index in [2.05, 4.69) is 15.9 Å². The Morgan fingerprint density at radius 1 is 1.22 bits per heavy atom. The molecule has 0 saturated heterocycles. The molecule has 10 heteroatoms. The number of carbonyl (C=O) groups is 1. The normalized spacial score (nSPS) is 22.0. The lowest BCUT2D eigenvalue weighted by Crippen LogP contribution is -2.13. The van der Waals surface area contributed by atoms with Crippen LogP contribution in [-0.4, -0.2) is 12.1 Å². The number of hydrogen-bond donors (Lipinski definition) is 0. The number of carbonyl (C=O) groups excluding carboxylic acids is 1. The van der Waals surface area contributed by atoms with E-state index < -0.39 is 74.1 Å². The summed E-state index contributed by atoms with van der Waals surface area (Å²) < 4.78 is 83.7. The van der Waals surface area contributed by atoms with Crippen molar-refractivity contribution in [2.75, 3.05) is 0 Å². The molecule has 0 heterocycles. The summed E-state index contributed by atoms with van der Waals surface area (Å²) in [5.74, 6) is -6.52. The molecule has 27 heavy (non-hydrogen) atoms. The van der Waals surface area contributed by atoms with E-state index in [9.17, 15) is 31.1 Å². The van der Waals surface area contributed by atoms with Crippen LogP contribution in [-0.2, 0) is 16.1 Å². The van der Waals surface area contributed by atoms with E-state index in [1.165, 1.54) is 0 Å². The highest BCUT2D eigenvalue weighted by atomic mass is 79.9. The van der Waals surface area contributed by atoms with Crippen molar-refractivity contribution in [2.45, 2.75) is 33.6 Å². The van der Waals surface area contributed by atoms with E-state index in [-0.39, 0.29) is 0 Å². The number of rotatable bonds is 4. The van der Waals surface area contributed by atoms with Gasteiger partial charge in [0.25, 0.3) is 0 Å². The summed E-state index contributed by atoms with van der Waals surface area (Å²) in [6.45, 7) is 3.35. The largest absolute Gasteiger partial charge is 0.460 e. The molecule has 0 radical (unpaired) electrons. The highest BCUT2D eigenvalue weighted by Gasteiger charge is 2.62. The Labute approximate surface area is 164 Å². The number of ether oxygens (including phenoxy) is 1. The molecule has 1 aliphatic rings. The number of allylic oxidation sites excluding steroid dienone is 2. The zero-order chi connectivity index (χ0) is 20.9. The molecule has 0 aromatic heterocycles. The van der Waals surface area contributed by atoms with Crippen LogP contribution in [0.2, 0.25) is 0 Å². The quantitative estimate of drug-likeness (QED) is 0.293. The molecule has 2 atom stereocenters. The maximum atomic E-state index is 14.0. The van der Waals surface area contributed by atoms with E-state index in [4.69, 9.17) is 16.3 Å². The molecule has 0 N–H and O–H groups in total. The highest BCUT2D eigenvalue weighted by molar-refractivity contribution is 9.10. The summed E-state index contributed by atoms with van der Waals surface area (Å²) in [7, 11) is 0. The lowest BCUT2D eigenvalue weighted by molar-refractivity contribution is -0.147. The molecule has 1 saturated carbocycles. The van der Waals surface area contributed by atoms with Gasteiger partial charge < -0.3 is 4.74 Å². The fourth-order valence-electron chi connectivity index (χ4n) is 2.84. The van der Waals surface area contributed by atoms with Crippen LogP contribution in [0.25, 0.3) is 0 Å². The van der Waals surface area contributed by atoms with E-state index in [1.807, 2.05) is 0 Å². The van der Waals surface area contributed by atoms with Crippen LogP contribution < -0.4 is 0 Å². The highest BCUT2D eigenvalue weighted by Crippen LogP contribution is 2.60. The summed E-state index contributed by atoms with van der Waals surface area (Å²) in [5.41, 5.74) is -1.94. The number of halogens is 8. The van der Waals surface area contributed by atoms with Crippen molar-refractivity contribution in [3.63, 3.8) is 0 Å². The van der Waals surface area contributed by atoms with Gasteiger partial charge in [0.1, 0.15) is 17.5 Å². The van der Waals surface area contributed by atoms with Crippen LogP contribution in [0.3, 0.4) is 0 Å². The first-order valence-electron chi connectivity index (χ1n) is 7.63. The van der Waals surface area contributed by atoms with Crippen molar-refractivity contribution >= 4 is 33.5 Å². The average molecular weight is 480 g/mol. The lowest BCUT2D eigenvalue weighted by Gasteiger charge is -2.12. The number of hydrogen-bond acceptors (Lipinski definition) is 2. The van der Waals surface area contributed by atoms with Crippen LogP contribution in [0.5, 0.6) is 0 Å².